The first-order valence-electron chi connectivity index (χ1n) is 12.6. The molecule has 1 aliphatic carbocycles. The smallest absolute Gasteiger partial charge is 0.252 e. The minimum Gasteiger partial charge on any atom is -0.348 e. The van der Waals surface area contributed by atoms with Crippen molar-refractivity contribution in [3.05, 3.63) is 73.1 Å². The van der Waals surface area contributed by atoms with Crippen LogP contribution >= 0.6 is 27.3 Å². The lowest BCUT2D eigenvalue weighted by Gasteiger charge is -2.22. The Balaban J connectivity index is 1.60. The van der Waals surface area contributed by atoms with Crippen LogP contribution in [0.15, 0.2) is 40.3 Å². The molecule has 1 N–H and O–H groups in total. The van der Waals surface area contributed by atoms with Crippen molar-refractivity contribution >= 4 is 60.8 Å². The number of halogens is 1. The number of benzene rings is 2. The molecule has 8 heteroatoms. The van der Waals surface area contributed by atoms with Crippen LogP contribution in [0.4, 0.5) is 0 Å². The Morgan fingerprint density at radius 1 is 1.19 bits per heavy atom. The number of aromatic nitrogens is 3. The van der Waals surface area contributed by atoms with Gasteiger partial charge in [-0.2, -0.15) is 5.10 Å². The van der Waals surface area contributed by atoms with E-state index in [1.54, 1.807) is 0 Å². The predicted octanol–water partition coefficient (Wildman–Crippen LogP) is 6.25. The van der Waals surface area contributed by atoms with Crippen LogP contribution in [-0.4, -0.2) is 26.0 Å². The van der Waals surface area contributed by atoms with Crippen LogP contribution in [0.5, 0.6) is 0 Å². The first-order valence-corrected chi connectivity index (χ1v) is 14.2. The number of thiophene rings is 1. The number of aryl methyl sites for hydroxylation is 3. The van der Waals surface area contributed by atoms with Gasteiger partial charge in [-0.1, -0.05) is 13.8 Å². The number of ketones is 1. The van der Waals surface area contributed by atoms with Gasteiger partial charge in [-0.15, -0.1) is 11.3 Å². The molecule has 0 atom stereocenters. The van der Waals surface area contributed by atoms with Gasteiger partial charge in [0.15, 0.2) is 0 Å². The van der Waals surface area contributed by atoms with Gasteiger partial charge in [0.2, 0.25) is 5.78 Å². The number of amides is 1. The quantitative estimate of drug-likeness (QED) is 0.259. The highest BCUT2D eigenvalue weighted by atomic mass is 79.9. The van der Waals surface area contributed by atoms with Crippen LogP contribution in [-0.2, 0) is 33.0 Å². The number of rotatable bonds is 4. The third kappa shape index (κ3) is 3.25. The Hall–Kier alpha value is -3.23. The summed E-state index contributed by atoms with van der Waals surface area (Å²) in [5.74, 6) is 0.421. The van der Waals surface area contributed by atoms with Crippen molar-refractivity contribution in [1.82, 2.24) is 19.7 Å². The minimum atomic E-state index is -0.0237. The Bertz CT molecular complexity index is 1810. The molecule has 7 rings (SSSR count). The lowest BCUT2D eigenvalue weighted by atomic mass is 9.82. The fourth-order valence-corrected chi connectivity index (χ4v) is 7.71. The minimum absolute atomic E-state index is 0.0114. The molecule has 0 saturated carbocycles. The van der Waals surface area contributed by atoms with E-state index in [1.165, 1.54) is 22.4 Å². The normalized spacial score (nSPS) is 14.4. The highest BCUT2D eigenvalue weighted by Crippen LogP contribution is 2.47. The van der Waals surface area contributed by atoms with Crippen LogP contribution in [0.1, 0.15) is 56.3 Å². The monoisotopic (exact) mass is 572 g/mol. The van der Waals surface area contributed by atoms with Crippen LogP contribution in [0.25, 0.3) is 32.9 Å². The summed E-state index contributed by atoms with van der Waals surface area (Å²) in [7, 11) is 1.94. The van der Waals surface area contributed by atoms with E-state index in [9.17, 15) is 9.59 Å². The molecule has 0 saturated heterocycles. The lowest BCUT2D eigenvalue weighted by Crippen LogP contribution is -2.15. The Morgan fingerprint density at radius 3 is 2.78 bits per heavy atom. The van der Waals surface area contributed by atoms with Crippen molar-refractivity contribution in [3.63, 3.8) is 0 Å². The molecule has 0 unspecified atom stereocenters. The van der Waals surface area contributed by atoms with Crippen LogP contribution in [0.3, 0.4) is 0 Å². The molecule has 3 aromatic heterocycles. The van der Waals surface area contributed by atoms with Gasteiger partial charge in [0.1, 0.15) is 0 Å². The van der Waals surface area contributed by atoms with E-state index in [1.807, 2.05) is 35.3 Å². The first-order chi connectivity index (χ1) is 17.8. The second-order valence-corrected chi connectivity index (χ2v) is 12.2. The zero-order valence-electron chi connectivity index (χ0n) is 20.8. The van der Waals surface area contributed by atoms with Crippen molar-refractivity contribution in [3.8, 4) is 11.1 Å². The highest BCUT2D eigenvalue weighted by Gasteiger charge is 2.35. The van der Waals surface area contributed by atoms with Gasteiger partial charge in [0, 0.05) is 63.8 Å². The molecule has 0 fully saturated rings. The number of fused-ring (bicyclic) bond motifs is 10. The van der Waals surface area contributed by atoms with Gasteiger partial charge in [-0.25, -0.2) is 0 Å². The van der Waals surface area contributed by atoms with Crippen LogP contribution < -0.4 is 5.32 Å². The van der Waals surface area contributed by atoms with E-state index in [0.29, 0.717) is 22.9 Å². The fraction of sp³-hybridized carbons (Fsp3) is 0.276. The van der Waals surface area contributed by atoms with Gasteiger partial charge in [-0.05, 0) is 75.5 Å². The molecule has 1 amide bonds. The molecule has 2 aliphatic rings. The van der Waals surface area contributed by atoms with Crippen LogP contribution in [0.2, 0.25) is 0 Å². The summed E-state index contributed by atoms with van der Waals surface area (Å²) in [6.07, 6.45) is 3.73. The number of carbonyl (C=O) groups excluding carboxylic acids is 2. The summed E-state index contributed by atoms with van der Waals surface area (Å²) < 4.78 is 5.10. The van der Waals surface area contributed by atoms with Gasteiger partial charge >= 0.3 is 0 Å². The maximum absolute atomic E-state index is 13.4. The van der Waals surface area contributed by atoms with Crippen LogP contribution in [0, 0.1) is 5.92 Å². The van der Waals surface area contributed by atoms with Crippen molar-refractivity contribution in [1.29, 1.82) is 0 Å². The first kappa shape index (κ1) is 22.9. The average molecular weight is 574 g/mol. The van der Waals surface area contributed by atoms with E-state index in [0.717, 1.165) is 68.1 Å². The largest absolute Gasteiger partial charge is 0.348 e. The van der Waals surface area contributed by atoms with Gasteiger partial charge in [0.05, 0.1) is 21.7 Å². The maximum atomic E-state index is 13.4. The fourth-order valence-electron chi connectivity index (χ4n) is 6.20. The van der Waals surface area contributed by atoms with E-state index < -0.39 is 0 Å². The topological polar surface area (TPSA) is 68.9 Å². The third-order valence-electron chi connectivity index (χ3n) is 7.58. The van der Waals surface area contributed by atoms with Gasteiger partial charge in [-0.3, -0.25) is 14.3 Å². The molecule has 1 aliphatic heterocycles. The molecule has 0 radical (unpaired) electrons. The molecule has 5 aromatic rings. The second kappa shape index (κ2) is 8.13. The van der Waals surface area contributed by atoms with E-state index in [4.69, 9.17) is 5.10 Å². The molecular formula is C29H25BrN4O2S. The summed E-state index contributed by atoms with van der Waals surface area (Å²) in [4.78, 5) is 27.4. The van der Waals surface area contributed by atoms with Crippen molar-refractivity contribution in [2.24, 2.45) is 13.0 Å². The molecule has 6 nitrogen and oxygen atoms in total. The molecule has 186 valence electrons. The summed E-state index contributed by atoms with van der Waals surface area (Å²) in [6.45, 7) is 5.81. The summed E-state index contributed by atoms with van der Waals surface area (Å²) in [5.41, 5.74) is 9.16. The molecule has 37 heavy (non-hydrogen) atoms. The SMILES string of the molecule is CC(C)Cn1c2ccc(C(=O)c3sccc3Br)cc2c2c3c(c4c(c21)CCc1nn(C)cc1-4)C(=O)NC3. The Morgan fingerprint density at radius 2 is 2.03 bits per heavy atom. The zero-order chi connectivity index (χ0) is 25.6. The number of carbonyl (C=O) groups is 2. The average Bonchev–Trinajstić information content (AvgIpc) is 3.63. The third-order valence-corrected chi connectivity index (χ3v) is 9.41. The maximum Gasteiger partial charge on any atom is 0.252 e. The second-order valence-electron chi connectivity index (χ2n) is 10.4. The van der Waals surface area contributed by atoms with Crippen molar-refractivity contribution < 1.29 is 9.59 Å². The summed E-state index contributed by atoms with van der Waals surface area (Å²) >= 11 is 4.97. The predicted molar refractivity (Wildman–Crippen MR) is 151 cm³/mol. The standard InChI is InChI=1S/C29H25BrN4O2S/c1-14(2)12-34-22-7-4-15(27(35)28-20(30)8-9-37-28)10-17(22)24-18-11-31-29(36)25(18)23-16(26(24)34)5-6-21-19(23)13-33(3)32-21/h4,7-10,13-14H,5-6,11-12H2,1-3H3,(H,31,36). The number of hydrogen-bond donors (Lipinski definition) is 1. The summed E-state index contributed by atoms with van der Waals surface area (Å²) in [5, 5.41) is 11.9. The molecule has 4 heterocycles. The molecule has 2 aromatic carbocycles. The van der Waals surface area contributed by atoms with Gasteiger partial charge in [0.25, 0.3) is 5.91 Å². The van der Waals surface area contributed by atoms with Gasteiger partial charge < -0.3 is 9.88 Å². The molecular weight excluding hydrogens is 548 g/mol. The number of nitrogens with one attached hydrogen (secondary N) is 1. The highest BCUT2D eigenvalue weighted by molar-refractivity contribution is 9.10. The summed E-state index contributed by atoms with van der Waals surface area (Å²) in [6, 6.07) is 7.99. The van der Waals surface area contributed by atoms with Crippen molar-refractivity contribution in [2.45, 2.75) is 39.8 Å². The molecule has 0 bridgehead atoms. The Kier molecular flexibility index (Phi) is 5.04. The lowest BCUT2D eigenvalue weighted by molar-refractivity contribution is 0.0965. The Labute approximate surface area is 226 Å². The molecule has 0 spiro atoms. The van der Waals surface area contributed by atoms with Crippen molar-refractivity contribution in [2.75, 3.05) is 0 Å². The van der Waals surface area contributed by atoms with E-state index in [-0.39, 0.29) is 11.7 Å². The number of hydrogen-bond acceptors (Lipinski definition) is 4. The zero-order valence-corrected chi connectivity index (χ0v) is 23.2. The van der Waals surface area contributed by atoms with E-state index >= 15 is 0 Å². The van der Waals surface area contributed by atoms with E-state index in [2.05, 4.69) is 51.9 Å². The number of nitrogens with zero attached hydrogens (tertiary/aromatic N) is 3.